The standard InChI is InChI=1S/C8H3ClF3NO/c9-7-13-6-4(8(10,11)12)2-1-3-5(6)14-7/h1-3H. The molecule has 0 aliphatic rings. The second kappa shape index (κ2) is 2.88. The highest BCUT2D eigenvalue weighted by Crippen LogP contribution is 2.34. The Morgan fingerprint density at radius 1 is 1.29 bits per heavy atom. The molecular weight excluding hydrogens is 219 g/mol. The maximum atomic E-state index is 12.4. The van der Waals surface area contributed by atoms with Gasteiger partial charge in [-0.3, -0.25) is 0 Å². The fourth-order valence-corrected chi connectivity index (χ4v) is 1.32. The van der Waals surface area contributed by atoms with Gasteiger partial charge in [-0.15, -0.1) is 0 Å². The highest BCUT2D eigenvalue weighted by molar-refractivity contribution is 6.28. The van der Waals surface area contributed by atoms with Gasteiger partial charge in [-0.05, 0) is 23.7 Å². The van der Waals surface area contributed by atoms with Gasteiger partial charge in [-0.1, -0.05) is 6.07 Å². The van der Waals surface area contributed by atoms with Crippen molar-refractivity contribution < 1.29 is 17.6 Å². The number of oxazole rings is 1. The maximum Gasteiger partial charge on any atom is 0.418 e. The Hall–Kier alpha value is -1.23. The van der Waals surface area contributed by atoms with Crippen LogP contribution in [0.4, 0.5) is 13.2 Å². The highest BCUT2D eigenvalue weighted by Gasteiger charge is 2.34. The molecule has 74 valence electrons. The lowest BCUT2D eigenvalue weighted by Crippen LogP contribution is -2.05. The van der Waals surface area contributed by atoms with E-state index < -0.39 is 11.7 Å². The maximum absolute atomic E-state index is 12.4. The van der Waals surface area contributed by atoms with Crippen LogP contribution >= 0.6 is 11.6 Å². The number of halogens is 4. The second-order valence-electron chi connectivity index (χ2n) is 2.62. The molecule has 2 aromatic rings. The molecule has 0 aliphatic heterocycles. The number of para-hydroxylation sites is 1. The molecular formula is C8H3ClF3NO. The normalized spacial score (nSPS) is 12.3. The summed E-state index contributed by atoms with van der Waals surface area (Å²) in [7, 11) is 0. The molecule has 2 rings (SSSR count). The minimum absolute atomic E-state index is 0.0322. The Bertz CT molecular complexity index is 477. The van der Waals surface area contributed by atoms with Crippen molar-refractivity contribution >= 4 is 22.7 Å². The molecule has 0 bridgehead atoms. The van der Waals surface area contributed by atoms with Crippen LogP contribution in [0.1, 0.15) is 5.56 Å². The first-order valence-electron chi connectivity index (χ1n) is 3.61. The number of fused-ring (bicyclic) bond motifs is 1. The van der Waals surface area contributed by atoms with Crippen molar-refractivity contribution in [1.29, 1.82) is 0 Å². The molecule has 0 aliphatic carbocycles. The van der Waals surface area contributed by atoms with E-state index in [9.17, 15) is 13.2 Å². The zero-order valence-corrected chi connectivity index (χ0v) is 7.36. The highest BCUT2D eigenvalue weighted by atomic mass is 35.5. The van der Waals surface area contributed by atoms with E-state index in [1.54, 1.807) is 0 Å². The van der Waals surface area contributed by atoms with E-state index in [1.807, 2.05) is 0 Å². The van der Waals surface area contributed by atoms with Crippen LogP contribution in [-0.2, 0) is 6.18 Å². The Labute approximate surface area is 81.3 Å². The molecule has 6 heteroatoms. The molecule has 0 amide bonds. The molecule has 0 spiro atoms. The van der Waals surface area contributed by atoms with E-state index in [4.69, 9.17) is 16.0 Å². The third-order valence-corrected chi connectivity index (χ3v) is 1.86. The smallest absolute Gasteiger partial charge is 0.418 e. The summed E-state index contributed by atoms with van der Waals surface area (Å²) in [5, 5.41) is -0.295. The minimum Gasteiger partial charge on any atom is -0.428 e. The first-order valence-corrected chi connectivity index (χ1v) is 3.98. The number of hydrogen-bond acceptors (Lipinski definition) is 2. The van der Waals surface area contributed by atoms with Gasteiger partial charge in [0.25, 0.3) is 5.35 Å². The van der Waals surface area contributed by atoms with Gasteiger partial charge >= 0.3 is 6.18 Å². The fourth-order valence-electron chi connectivity index (χ4n) is 1.15. The fraction of sp³-hybridized carbons (Fsp3) is 0.125. The third-order valence-electron chi connectivity index (χ3n) is 1.70. The van der Waals surface area contributed by atoms with E-state index in [0.717, 1.165) is 6.07 Å². The Balaban J connectivity index is 2.77. The summed E-state index contributed by atoms with van der Waals surface area (Å²) in [4.78, 5) is 3.46. The van der Waals surface area contributed by atoms with E-state index in [0.29, 0.717) is 0 Å². The third kappa shape index (κ3) is 1.43. The SMILES string of the molecule is FC(F)(F)c1cccc2oc(Cl)nc12. The molecule has 0 saturated carbocycles. The molecule has 0 fully saturated rings. The number of rotatable bonds is 0. The Morgan fingerprint density at radius 3 is 2.64 bits per heavy atom. The number of alkyl halides is 3. The molecule has 14 heavy (non-hydrogen) atoms. The molecule has 0 radical (unpaired) electrons. The second-order valence-corrected chi connectivity index (χ2v) is 2.94. The molecule has 1 heterocycles. The van der Waals surface area contributed by atoms with Crippen LogP contribution < -0.4 is 0 Å². The lowest BCUT2D eigenvalue weighted by atomic mass is 10.2. The Morgan fingerprint density at radius 2 is 2.00 bits per heavy atom. The van der Waals surface area contributed by atoms with Gasteiger partial charge in [0.05, 0.1) is 5.56 Å². The number of benzene rings is 1. The van der Waals surface area contributed by atoms with Gasteiger partial charge in [0, 0.05) is 0 Å². The first-order chi connectivity index (χ1) is 6.48. The number of nitrogens with zero attached hydrogens (tertiary/aromatic N) is 1. The molecule has 0 atom stereocenters. The van der Waals surface area contributed by atoms with Crippen molar-refractivity contribution in [3.63, 3.8) is 0 Å². The quantitative estimate of drug-likeness (QED) is 0.681. The van der Waals surface area contributed by atoms with Gasteiger partial charge in [0.2, 0.25) is 0 Å². The summed E-state index contributed by atoms with van der Waals surface area (Å²) in [6.07, 6.45) is -4.44. The molecule has 0 N–H and O–H groups in total. The van der Waals surface area contributed by atoms with Gasteiger partial charge in [-0.2, -0.15) is 18.2 Å². The predicted molar refractivity (Wildman–Crippen MR) is 44.0 cm³/mol. The zero-order chi connectivity index (χ0) is 10.3. The van der Waals surface area contributed by atoms with Crippen molar-refractivity contribution in [2.75, 3.05) is 0 Å². The average Bonchev–Trinajstić information content (AvgIpc) is 2.41. The summed E-state index contributed by atoms with van der Waals surface area (Å²) < 4.78 is 42.0. The van der Waals surface area contributed by atoms with E-state index in [2.05, 4.69) is 4.98 Å². The van der Waals surface area contributed by atoms with Crippen LogP contribution in [0, 0.1) is 0 Å². The minimum atomic E-state index is -4.44. The van der Waals surface area contributed by atoms with Gasteiger partial charge in [-0.25, -0.2) is 0 Å². The van der Waals surface area contributed by atoms with Crippen molar-refractivity contribution in [3.05, 3.63) is 29.1 Å². The topological polar surface area (TPSA) is 26.0 Å². The summed E-state index contributed by atoms with van der Waals surface area (Å²) in [5.74, 6) is 0. The number of hydrogen-bond donors (Lipinski definition) is 0. The lowest BCUT2D eigenvalue weighted by Gasteiger charge is -2.05. The summed E-state index contributed by atoms with van der Waals surface area (Å²) in [5.41, 5.74) is -1.07. The Kier molecular flexibility index (Phi) is 1.92. The van der Waals surface area contributed by atoms with E-state index in [1.165, 1.54) is 12.1 Å². The van der Waals surface area contributed by atoms with Crippen LogP contribution in [0.25, 0.3) is 11.1 Å². The van der Waals surface area contributed by atoms with Gasteiger partial charge in [0.1, 0.15) is 5.52 Å². The van der Waals surface area contributed by atoms with E-state index in [-0.39, 0.29) is 16.4 Å². The van der Waals surface area contributed by atoms with Crippen molar-refractivity contribution in [2.45, 2.75) is 6.18 Å². The molecule has 1 aromatic heterocycles. The lowest BCUT2D eigenvalue weighted by molar-refractivity contribution is -0.136. The van der Waals surface area contributed by atoms with Crippen molar-refractivity contribution in [2.24, 2.45) is 0 Å². The molecule has 0 unspecified atom stereocenters. The van der Waals surface area contributed by atoms with Crippen LogP contribution in [0.15, 0.2) is 22.6 Å². The van der Waals surface area contributed by atoms with Gasteiger partial charge < -0.3 is 4.42 Å². The van der Waals surface area contributed by atoms with Crippen LogP contribution in [-0.4, -0.2) is 4.98 Å². The monoisotopic (exact) mass is 221 g/mol. The summed E-state index contributed by atoms with van der Waals surface area (Å²) in [6.45, 7) is 0. The molecule has 2 nitrogen and oxygen atoms in total. The molecule has 1 aromatic carbocycles. The predicted octanol–water partition coefficient (Wildman–Crippen LogP) is 3.50. The molecule has 0 saturated heterocycles. The van der Waals surface area contributed by atoms with Crippen molar-refractivity contribution in [3.8, 4) is 0 Å². The van der Waals surface area contributed by atoms with Crippen LogP contribution in [0.3, 0.4) is 0 Å². The first kappa shape index (κ1) is 9.33. The van der Waals surface area contributed by atoms with E-state index >= 15 is 0 Å². The van der Waals surface area contributed by atoms with Gasteiger partial charge in [0.15, 0.2) is 5.58 Å². The van der Waals surface area contributed by atoms with Crippen molar-refractivity contribution in [1.82, 2.24) is 4.98 Å². The summed E-state index contributed by atoms with van der Waals surface area (Å²) in [6, 6.07) is 3.55. The summed E-state index contributed by atoms with van der Waals surface area (Å²) >= 11 is 5.36. The zero-order valence-electron chi connectivity index (χ0n) is 6.60. The van der Waals surface area contributed by atoms with Crippen LogP contribution in [0.2, 0.25) is 5.35 Å². The van der Waals surface area contributed by atoms with Crippen LogP contribution in [0.5, 0.6) is 0 Å². The number of aromatic nitrogens is 1. The average molecular weight is 222 g/mol. The largest absolute Gasteiger partial charge is 0.428 e.